The maximum atomic E-state index is 13.1. The number of benzene rings is 1. The number of hydrogen-bond donors (Lipinski definition) is 2. The Morgan fingerprint density at radius 1 is 1.43 bits per heavy atom. The Kier molecular flexibility index (Phi) is 5.44. The summed E-state index contributed by atoms with van der Waals surface area (Å²) >= 11 is 5.68. The van der Waals surface area contributed by atoms with Crippen molar-refractivity contribution in [2.45, 2.75) is 19.9 Å². The molecule has 1 heterocycles. The van der Waals surface area contributed by atoms with Gasteiger partial charge in [-0.05, 0) is 26.0 Å². The summed E-state index contributed by atoms with van der Waals surface area (Å²) in [4.78, 5) is 23.6. The van der Waals surface area contributed by atoms with E-state index < -0.39 is 23.9 Å². The van der Waals surface area contributed by atoms with Gasteiger partial charge in [-0.3, -0.25) is 0 Å². The highest BCUT2D eigenvalue weighted by atomic mass is 35.5. The maximum absolute atomic E-state index is 13.1. The lowest BCUT2D eigenvalue weighted by molar-refractivity contribution is -0.139. The number of carbonyl (C=O) groups is 2. The van der Waals surface area contributed by atoms with E-state index in [1.54, 1.807) is 13.8 Å². The topological polar surface area (TPSA) is 76.7 Å². The van der Waals surface area contributed by atoms with Crippen molar-refractivity contribution in [3.63, 3.8) is 0 Å². The first-order chi connectivity index (χ1) is 10.9. The fourth-order valence-electron chi connectivity index (χ4n) is 2.12. The molecule has 1 atom stereocenters. The van der Waals surface area contributed by atoms with E-state index in [1.807, 2.05) is 0 Å². The number of nitrogens with one attached hydrogen (secondary N) is 2. The first-order valence-electron chi connectivity index (χ1n) is 6.98. The minimum Gasteiger partial charge on any atom is -0.487 e. The van der Waals surface area contributed by atoms with Gasteiger partial charge in [0, 0.05) is 6.07 Å². The van der Waals surface area contributed by atoms with E-state index >= 15 is 0 Å². The Balaban J connectivity index is 2.20. The number of urea groups is 1. The molecule has 0 radical (unpaired) electrons. The number of esters is 1. The van der Waals surface area contributed by atoms with E-state index in [0.29, 0.717) is 11.4 Å². The van der Waals surface area contributed by atoms with Crippen LogP contribution in [0, 0.1) is 5.82 Å². The summed E-state index contributed by atoms with van der Waals surface area (Å²) in [7, 11) is 0. The van der Waals surface area contributed by atoms with Crippen LogP contribution in [-0.2, 0) is 9.53 Å². The van der Waals surface area contributed by atoms with E-state index in [9.17, 15) is 14.0 Å². The van der Waals surface area contributed by atoms with Gasteiger partial charge in [0.05, 0.1) is 28.9 Å². The molecule has 124 valence electrons. The molecule has 0 saturated carbocycles. The third kappa shape index (κ3) is 4.13. The van der Waals surface area contributed by atoms with E-state index in [-0.39, 0.29) is 23.8 Å². The van der Waals surface area contributed by atoms with Gasteiger partial charge in [-0.25, -0.2) is 14.0 Å². The first-order valence-corrected chi connectivity index (χ1v) is 7.35. The molecule has 2 rings (SSSR count). The zero-order valence-corrected chi connectivity index (χ0v) is 13.4. The normalized spacial score (nSPS) is 17.4. The minimum atomic E-state index is -0.561. The highest BCUT2D eigenvalue weighted by Gasteiger charge is 2.29. The van der Waals surface area contributed by atoms with Crippen LogP contribution in [0.25, 0.3) is 0 Å². The fraction of sp³-hybridized carbons (Fsp3) is 0.333. The molecule has 23 heavy (non-hydrogen) atoms. The molecule has 1 aliphatic heterocycles. The predicted molar refractivity (Wildman–Crippen MR) is 81.7 cm³/mol. The third-order valence-electron chi connectivity index (χ3n) is 3.14. The molecule has 6 nitrogen and oxygen atoms in total. The smallest absolute Gasteiger partial charge is 0.338 e. The van der Waals surface area contributed by atoms with E-state index in [4.69, 9.17) is 21.1 Å². The van der Waals surface area contributed by atoms with Gasteiger partial charge in [0.2, 0.25) is 0 Å². The molecular weight excluding hydrogens is 327 g/mol. The van der Waals surface area contributed by atoms with Crippen LogP contribution in [0.2, 0.25) is 5.02 Å². The zero-order valence-electron chi connectivity index (χ0n) is 12.6. The highest BCUT2D eigenvalue weighted by molar-refractivity contribution is 6.30. The largest absolute Gasteiger partial charge is 0.487 e. The van der Waals surface area contributed by atoms with Gasteiger partial charge in [0.15, 0.2) is 0 Å². The summed E-state index contributed by atoms with van der Waals surface area (Å²) in [6.07, 6.45) is 0. The lowest BCUT2D eigenvalue weighted by Crippen LogP contribution is -2.50. The molecule has 2 amide bonds. The lowest BCUT2D eigenvalue weighted by Gasteiger charge is -2.26. The van der Waals surface area contributed by atoms with Gasteiger partial charge >= 0.3 is 12.0 Å². The number of carbonyl (C=O) groups excluding carboxylic acids is 2. The Morgan fingerprint density at radius 3 is 2.83 bits per heavy atom. The van der Waals surface area contributed by atoms with Crippen LogP contribution >= 0.6 is 11.6 Å². The van der Waals surface area contributed by atoms with Gasteiger partial charge in [-0.15, -0.1) is 0 Å². The van der Waals surface area contributed by atoms with Gasteiger partial charge in [0.25, 0.3) is 0 Å². The van der Waals surface area contributed by atoms with Gasteiger partial charge in [-0.1, -0.05) is 11.6 Å². The summed E-state index contributed by atoms with van der Waals surface area (Å²) in [5, 5.41) is 5.03. The van der Waals surface area contributed by atoms with Crippen molar-refractivity contribution in [3.05, 3.63) is 40.3 Å². The van der Waals surface area contributed by atoms with Gasteiger partial charge in [0.1, 0.15) is 18.2 Å². The summed E-state index contributed by atoms with van der Waals surface area (Å²) in [5.41, 5.74) is 0.569. The van der Waals surface area contributed by atoms with E-state index in [0.717, 1.165) is 0 Å². The molecule has 0 saturated heterocycles. The van der Waals surface area contributed by atoms with Crippen molar-refractivity contribution >= 4 is 23.6 Å². The Labute approximate surface area is 137 Å². The number of halogens is 2. The fourth-order valence-corrected chi connectivity index (χ4v) is 2.29. The van der Waals surface area contributed by atoms with Crippen molar-refractivity contribution < 1.29 is 23.5 Å². The molecule has 0 fully saturated rings. The molecule has 1 aromatic rings. The molecular formula is C15H16ClFN2O4. The Hall–Kier alpha value is -2.28. The first kappa shape index (κ1) is 17.1. The average molecular weight is 343 g/mol. The number of amides is 2. The number of ether oxygens (including phenoxy) is 2. The SMILES string of the molecule is CCOC(=O)C1=C(COc2ccc(F)c(Cl)c2)NC(=O)N[C@H]1C. The number of hydrogen-bond acceptors (Lipinski definition) is 4. The summed E-state index contributed by atoms with van der Waals surface area (Å²) < 4.78 is 23.6. The summed E-state index contributed by atoms with van der Waals surface area (Å²) in [6.45, 7) is 3.48. The monoisotopic (exact) mass is 342 g/mol. The molecule has 0 aliphatic carbocycles. The van der Waals surface area contributed by atoms with Gasteiger partial charge in [-0.2, -0.15) is 0 Å². The van der Waals surface area contributed by atoms with Crippen LogP contribution in [0.4, 0.5) is 9.18 Å². The zero-order chi connectivity index (χ0) is 17.0. The molecule has 0 spiro atoms. The van der Waals surface area contributed by atoms with Crippen molar-refractivity contribution in [1.82, 2.24) is 10.6 Å². The minimum absolute atomic E-state index is 0.0789. The van der Waals surface area contributed by atoms with Crippen LogP contribution in [-0.4, -0.2) is 31.3 Å². The van der Waals surface area contributed by atoms with Crippen LogP contribution in [0.1, 0.15) is 13.8 Å². The molecule has 8 heteroatoms. The summed E-state index contributed by atoms with van der Waals surface area (Å²) in [6, 6.07) is 2.92. The molecule has 1 aromatic carbocycles. The molecule has 2 N–H and O–H groups in total. The second kappa shape index (κ2) is 7.32. The van der Waals surface area contributed by atoms with Crippen LogP contribution in [0.5, 0.6) is 5.75 Å². The van der Waals surface area contributed by atoms with E-state index in [1.165, 1.54) is 18.2 Å². The van der Waals surface area contributed by atoms with Crippen molar-refractivity contribution in [2.24, 2.45) is 0 Å². The van der Waals surface area contributed by atoms with Crippen molar-refractivity contribution in [1.29, 1.82) is 0 Å². The van der Waals surface area contributed by atoms with Crippen LogP contribution in [0.3, 0.4) is 0 Å². The van der Waals surface area contributed by atoms with Crippen molar-refractivity contribution in [3.8, 4) is 5.75 Å². The maximum Gasteiger partial charge on any atom is 0.338 e. The standard InChI is InChI=1S/C15H16ClFN2O4/c1-3-22-14(20)13-8(2)18-15(21)19-12(13)7-23-9-4-5-11(17)10(16)6-9/h4-6,8H,3,7H2,1-2H3,(H2,18,19,21)/t8-/m0/s1. The van der Waals surface area contributed by atoms with Gasteiger partial charge < -0.3 is 20.1 Å². The predicted octanol–water partition coefficient (Wildman–Crippen LogP) is 2.38. The second-order valence-electron chi connectivity index (χ2n) is 4.80. The summed E-state index contributed by atoms with van der Waals surface area (Å²) in [5.74, 6) is -0.787. The number of rotatable bonds is 5. The highest BCUT2D eigenvalue weighted by Crippen LogP contribution is 2.22. The van der Waals surface area contributed by atoms with E-state index in [2.05, 4.69) is 10.6 Å². The quantitative estimate of drug-likeness (QED) is 0.805. The average Bonchev–Trinajstić information content (AvgIpc) is 2.48. The Morgan fingerprint density at radius 2 is 2.17 bits per heavy atom. The van der Waals surface area contributed by atoms with Crippen LogP contribution < -0.4 is 15.4 Å². The third-order valence-corrected chi connectivity index (χ3v) is 3.43. The van der Waals surface area contributed by atoms with Crippen LogP contribution in [0.15, 0.2) is 29.5 Å². The lowest BCUT2D eigenvalue weighted by atomic mass is 10.0. The second-order valence-corrected chi connectivity index (χ2v) is 5.20. The Bertz CT molecular complexity index is 663. The molecule has 0 unspecified atom stereocenters. The molecule has 0 bridgehead atoms. The van der Waals surface area contributed by atoms with Crippen molar-refractivity contribution in [2.75, 3.05) is 13.2 Å². The molecule has 0 aromatic heterocycles. The molecule has 1 aliphatic rings.